The lowest BCUT2D eigenvalue weighted by atomic mass is 9.96. The molecule has 3 N–H and O–H groups in total. The van der Waals surface area contributed by atoms with Gasteiger partial charge in [-0.1, -0.05) is 6.07 Å². The van der Waals surface area contributed by atoms with Crippen LogP contribution in [-0.2, 0) is 4.79 Å². The van der Waals surface area contributed by atoms with E-state index in [4.69, 9.17) is 15.2 Å². The van der Waals surface area contributed by atoms with Crippen molar-refractivity contribution in [2.24, 2.45) is 5.73 Å². The van der Waals surface area contributed by atoms with Crippen LogP contribution in [0.4, 0.5) is 0 Å². The van der Waals surface area contributed by atoms with Gasteiger partial charge in [-0.2, -0.15) is 0 Å². The molecule has 6 heteroatoms. The number of nitrogens with two attached hydrogens (primary N) is 1. The molecule has 0 saturated carbocycles. The molecule has 1 aromatic rings. The van der Waals surface area contributed by atoms with Crippen LogP contribution in [0, 0.1) is 0 Å². The molecule has 0 amide bonds. The molecule has 0 aromatic heterocycles. The molecule has 1 aromatic carbocycles. The Labute approximate surface area is 110 Å². The van der Waals surface area contributed by atoms with Crippen LogP contribution in [0.2, 0.25) is 0 Å². The van der Waals surface area contributed by atoms with E-state index in [-0.39, 0.29) is 6.54 Å². The summed E-state index contributed by atoms with van der Waals surface area (Å²) < 4.78 is 11.0. The SMILES string of the molecule is NCC(C(=O)O)c1ccc(C=O)c2c1OCCCO2. The van der Waals surface area contributed by atoms with Gasteiger partial charge in [0.1, 0.15) is 0 Å². The second kappa shape index (κ2) is 5.71. The third kappa shape index (κ3) is 2.53. The number of rotatable bonds is 4. The van der Waals surface area contributed by atoms with E-state index < -0.39 is 11.9 Å². The summed E-state index contributed by atoms with van der Waals surface area (Å²) in [7, 11) is 0. The maximum Gasteiger partial charge on any atom is 0.312 e. The Bertz CT molecular complexity index is 500. The predicted molar refractivity (Wildman–Crippen MR) is 66.9 cm³/mol. The highest BCUT2D eigenvalue weighted by Gasteiger charge is 2.27. The Morgan fingerprint density at radius 2 is 2.05 bits per heavy atom. The summed E-state index contributed by atoms with van der Waals surface area (Å²) in [6.07, 6.45) is 1.34. The van der Waals surface area contributed by atoms with E-state index in [9.17, 15) is 14.7 Å². The minimum absolute atomic E-state index is 0.0500. The van der Waals surface area contributed by atoms with Crippen molar-refractivity contribution in [3.05, 3.63) is 23.3 Å². The molecule has 1 aliphatic heterocycles. The normalized spacial score (nSPS) is 15.4. The topological polar surface area (TPSA) is 98.9 Å². The number of benzene rings is 1. The molecule has 1 atom stereocenters. The van der Waals surface area contributed by atoms with Gasteiger partial charge in [0, 0.05) is 18.5 Å². The highest BCUT2D eigenvalue weighted by molar-refractivity contribution is 5.84. The van der Waals surface area contributed by atoms with Gasteiger partial charge in [-0.15, -0.1) is 0 Å². The van der Waals surface area contributed by atoms with E-state index in [0.29, 0.717) is 48.5 Å². The molecular weight excluding hydrogens is 250 g/mol. The Kier molecular flexibility index (Phi) is 4.01. The monoisotopic (exact) mass is 265 g/mol. The highest BCUT2D eigenvalue weighted by Crippen LogP contribution is 2.39. The zero-order chi connectivity index (χ0) is 13.8. The molecule has 0 fully saturated rings. The maximum absolute atomic E-state index is 11.2. The summed E-state index contributed by atoms with van der Waals surface area (Å²) in [5, 5.41) is 9.18. The van der Waals surface area contributed by atoms with Crippen molar-refractivity contribution in [1.29, 1.82) is 0 Å². The van der Waals surface area contributed by atoms with Gasteiger partial charge < -0.3 is 20.3 Å². The Hall–Kier alpha value is -2.08. The molecule has 102 valence electrons. The first-order valence-electron chi connectivity index (χ1n) is 5.99. The van der Waals surface area contributed by atoms with E-state index in [1.165, 1.54) is 6.07 Å². The minimum Gasteiger partial charge on any atom is -0.489 e. The average molecular weight is 265 g/mol. The summed E-state index contributed by atoms with van der Waals surface area (Å²) in [4.78, 5) is 22.2. The van der Waals surface area contributed by atoms with Gasteiger partial charge in [0.05, 0.1) is 24.7 Å². The second-order valence-corrected chi connectivity index (χ2v) is 4.20. The van der Waals surface area contributed by atoms with Crippen LogP contribution in [0.1, 0.15) is 28.3 Å². The first-order chi connectivity index (χ1) is 9.19. The number of ether oxygens (including phenoxy) is 2. The van der Waals surface area contributed by atoms with Crippen molar-refractivity contribution in [3.63, 3.8) is 0 Å². The van der Waals surface area contributed by atoms with Gasteiger partial charge in [-0.3, -0.25) is 9.59 Å². The van der Waals surface area contributed by atoms with E-state index in [0.717, 1.165) is 0 Å². The van der Waals surface area contributed by atoms with Gasteiger partial charge in [-0.05, 0) is 6.07 Å². The Morgan fingerprint density at radius 3 is 2.63 bits per heavy atom. The van der Waals surface area contributed by atoms with Gasteiger partial charge in [0.2, 0.25) is 0 Å². The van der Waals surface area contributed by atoms with Gasteiger partial charge >= 0.3 is 5.97 Å². The molecule has 0 aliphatic carbocycles. The van der Waals surface area contributed by atoms with Gasteiger partial charge in [-0.25, -0.2) is 0 Å². The fraction of sp³-hybridized carbons (Fsp3) is 0.385. The number of carboxylic acids is 1. The van der Waals surface area contributed by atoms with Gasteiger partial charge in [0.15, 0.2) is 17.8 Å². The number of hydrogen-bond donors (Lipinski definition) is 2. The zero-order valence-electron chi connectivity index (χ0n) is 10.3. The lowest BCUT2D eigenvalue weighted by molar-refractivity contribution is -0.138. The second-order valence-electron chi connectivity index (χ2n) is 4.20. The molecule has 1 heterocycles. The van der Waals surface area contributed by atoms with Crippen molar-refractivity contribution in [1.82, 2.24) is 0 Å². The van der Waals surface area contributed by atoms with Crippen LogP contribution < -0.4 is 15.2 Å². The summed E-state index contributed by atoms with van der Waals surface area (Å²) in [6, 6.07) is 3.09. The predicted octanol–water partition coefficient (Wildman–Crippen LogP) is 0.787. The molecule has 1 unspecified atom stereocenters. The van der Waals surface area contributed by atoms with Gasteiger partial charge in [0.25, 0.3) is 0 Å². The van der Waals surface area contributed by atoms with E-state index in [1.54, 1.807) is 6.07 Å². The third-order valence-corrected chi connectivity index (χ3v) is 2.99. The summed E-state index contributed by atoms with van der Waals surface area (Å²) in [5.41, 5.74) is 6.29. The van der Waals surface area contributed by atoms with Crippen molar-refractivity contribution in [3.8, 4) is 11.5 Å². The van der Waals surface area contributed by atoms with Crippen LogP contribution in [0.25, 0.3) is 0 Å². The van der Waals surface area contributed by atoms with E-state index >= 15 is 0 Å². The summed E-state index contributed by atoms with van der Waals surface area (Å²) in [6.45, 7) is 0.794. The number of fused-ring (bicyclic) bond motifs is 1. The zero-order valence-corrected chi connectivity index (χ0v) is 10.3. The number of hydrogen-bond acceptors (Lipinski definition) is 5. The first-order valence-corrected chi connectivity index (χ1v) is 5.99. The molecule has 1 aliphatic rings. The number of aliphatic carboxylic acids is 1. The molecule has 0 bridgehead atoms. The van der Waals surface area contributed by atoms with Crippen molar-refractivity contribution >= 4 is 12.3 Å². The lowest BCUT2D eigenvalue weighted by Crippen LogP contribution is -2.22. The Morgan fingerprint density at radius 1 is 1.37 bits per heavy atom. The quantitative estimate of drug-likeness (QED) is 0.781. The largest absolute Gasteiger partial charge is 0.489 e. The fourth-order valence-electron chi connectivity index (χ4n) is 2.03. The lowest BCUT2D eigenvalue weighted by Gasteiger charge is -2.17. The highest BCUT2D eigenvalue weighted by atomic mass is 16.5. The first kappa shape index (κ1) is 13.4. The molecule has 2 rings (SSSR count). The maximum atomic E-state index is 11.2. The van der Waals surface area contributed by atoms with Crippen molar-refractivity contribution in [2.75, 3.05) is 19.8 Å². The standard InChI is InChI=1S/C13H15NO5/c14-6-10(13(16)17)9-3-2-8(7-15)11-12(9)19-5-1-4-18-11/h2-3,7,10H,1,4-6,14H2,(H,16,17). The molecule has 6 nitrogen and oxygen atoms in total. The van der Waals surface area contributed by atoms with Crippen LogP contribution in [0.5, 0.6) is 11.5 Å². The van der Waals surface area contributed by atoms with Crippen LogP contribution in [-0.4, -0.2) is 37.1 Å². The molecule has 19 heavy (non-hydrogen) atoms. The molecule has 0 radical (unpaired) electrons. The number of carbonyl (C=O) groups excluding carboxylic acids is 1. The molecule has 0 spiro atoms. The molecule has 0 saturated heterocycles. The van der Waals surface area contributed by atoms with Crippen molar-refractivity contribution in [2.45, 2.75) is 12.3 Å². The van der Waals surface area contributed by atoms with Crippen LogP contribution in [0.3, 0.4) is 0 Å². The fourth-order valence-corrected chi connectivity index (χ4v) is 2.03. The molecular formula is C13H15NO5. The van der Waals surface area contributed by atoms with Crippen molar-refractivity contribution < 1.29 is 24.2 Å². The number of carboxylic acid groups (broad SMARTS) is 1. The van der Waals surface area contributed by atoms with E-state index in [1.807, 2.05) is 0 Å². The summed E-state index contributed by atoms with van der Waals surface area (Å²) >= 11 is 0. The Balaban J connectivity index is 2.56. The minimum atomic E-state index is -1.03. The number of aldehydes is 1. The summed E-state index contributed by atoms with van der Waals surface area (Å²) in [5.74, 6) is -1.28. The van der Waals surface area contributed by atoms with E-state index in [2.05, 4.69) is 0 Å². The van der Waals surface area contributed by atoms with Crippen LogP contribution >= 0.6 is 0 Å². The third-order valence-electron chi connectivity index (χ3n) is 2.99. The average Bonchev–Trinajstić information content (AvgIpc) is 2.65. The number of carbonyl (C=O) groups is 2. The smallest absolute Gasteiger partial charge is 0.312 e. The van der Waals surface area contributed by atoms with Crippen LogP contribution in [0.15, 0.2) is 12.1 Å².